The van der Waals surface area contributed by atoms with Crippen LogP contribution in [0, 0.1) is 0 Å². The number of carbonyl (C=O) groups is 2. The summed E-state index contributed by atoms with van der Waals surface area (Å²) in [7, 11) is 1.36. The van der Waals surface area contributed by atoms with Gasteiger partial charge in [0, 0.05) is 19.2 Å². The molecule has 0 radical (unpaired) electrons. The highest BCUT2D eigenvalue weighted by molar-refractivity contribution is 5.93. The maximum atomic E-state index is 12.2. The first-order valence-electron chi connectivity index (χ1n) is 6.92. The molecule has 6 nitrogen and oxygen atoms in total. The van der Waals surface area contributed by atoms with Gasteiger partial charge in [-0.05, 0) is 24.4 Å². The van der Waals surface area contributed by atoms with Gasteiger partial charge in [0.25, 0.3) is 5.91 Å². The second kappa shape index (κ2) is 6.98. The van der Waals surface area contributed by atoms with E-state index in [4.69, 9.17) is 0 Å². The number of likely N-dealkylation sites (tertiary alicyclic amines) is 1. The highest BCUT2D eigenvalue weighted by atomic mass is 16.5. The third-order valence-corrected chi connectivity index (χ3v) is 3.43. The molecule has 1 saturated heterocycles. The number of methoxy groups -OCH3 is 1. The zero-order chi connectivity index (χ0) is 14.4. The standard InChI is InChI=1S/C14H20N3O3/c1-20-13(18)6-10-17-9-5-12(11-15-17)14(19)16-7-3-2-4-8-16/h5,9,11H,2-4,6-8,10H2,1H3/q+1. The fourth-order valence-corrected chi connectivity index (χ4v) is 2.23. The molecular weight excluding hydrogens is 258 g/mol. The Balaban J connectivity index is 1.93. The Kier molecular flexibility index (Phi) is 5.03. The summed E-state index contributed by atoms with van der Waals surface area (Å²) in [5, 5.41) is 4.16. The number of hydrogen-bond acceptors (Lipinski definition) is 4. The Morgan fingerprint density at radius 3 is 2.70 bits per heavy atom. The van der Waals surface area contributed by atoms with Crippen LogP contribution in [0.1, 0.15) is 36.0 Å². The molecule has 2 heterocycles. The molecule has 0 aliphatic carbocycles. The minimum absolute atomic E-state index is 0.0392. The van der Waals surface area contributed by atoms with Gasteiger partial charge in [0.15, 0.2) is 12.7 Å². The van der Waals surface area contributed by atoms with Gasteiger partial charge in [-0.15, -0.1) is 0 Å². The maximum Gasteiger partial charge on any atom is 0.312 e. The van der Waals surface area contributed by atoms with E-state index in [1.807, 2.05) is 4.90 Å². The SMILES string of the molecule is COC(=O)CC[n+]1ccc(C(=O)N2CCCCC2)cn1. The quantitative estimate of drug-likeness (QED) is 0.596. The summed E-state index contributed by atoms with van der Waals surface area (Å²) < 4.78 is 6.20. The highest BCUT2D eigenvalue weighted by Gasteiger charge is 2.19. The van der Waals surface area contributed by atoms with Gasteiger partial charge in [-0.2, -0.15) is 0 Å². The average molecular weight is 278 g/mol. The van der Waals surface area contributed by atoms with Gasteiger partial charge in [0.05, 0.1) is 12.7 Å². The zero-order valence-corrected chi connectivity index (χ0v) is 11.7. The number of amides is 1. The molecule has 0 atom stereocenters. The van der Waals surface area contributed by atoms with E-state index in [2.05, 4.69) is 9.84 Å². The summed E-state index contributed by atoms with van der Waals surface area (Å²) in [6.07, 6.45) is 6.91. The van der Waals surface area contributed by atoms with Gasteiger partial charge in [-0.25, -0.2) is 0 Å². The van der Waals surface area contributed by atoms with Crippen molar-refractivity contribution in [3.05, 3.63) is 24.0 Å². The number of rotatable bonds is 4. The first-order chi connectivity index (χ1) is 9.70. The van der Waals surface area contributed by atoms with E-state index in [1.165, 1.54) is 13.5 Å². The van der Waals surface area contributed by atoms with Crippen molar-refractivity contribution in [3.63, 3.8) is 0 Å². The fraction of sp³-hybridized carbons (Fsp3) is 0.571. The van der Waals surface area contributed by atoms with Gasteiger partial charge < -0.3 is 9.64 Å². The van der Waals surface area contributed by atoms with E-state index in [-0.39, 0.29) is 18.3 Å². The summed E-state index contributed by atoms with van der Waals surface area (Å²) in [5.41, 5.74) is 0.598. The van der Waals surface area contributed by atoms with Gasteiger partial charge in [-0.1, -0.05) is 4.68 Å². The molecule has 2 rings (SSSR count). The molecule has 1 aromatic rings. The van der Waals surface area contributed by atoms with Crippen LogP contribution in [0.4, 0.5) is 0 Å². The molecular formula is C14H20N3O3+. The molecule has 108 valence electrons. The Hall–Kier alpha value is -1.98. The van der Waals surface area contributed by atoms with Crippen molar-refractivity contribution in [2.45, 2.75) is 32.2 Å². The monoisotopic (exact) mass is 278 g/mol. The lowest BCUT2D eigenvalue weighted by Crippen LogP contribution is -2.40. The van der Waals surface area contributed by atoms with Crippen LogP contribution in [0.25, 0.3) is 0 Å². The third-order valence-electron chi connectivity index (χ3n) is 3.43. The molecule has 0 aromatic carbocycles. The minimum Gasteiger partial charge on any atom is -0.469 e. The molecule has 1 aliphatic rings. The molecule has 1 amide bonds. The number of aromatic nitrogens is 2. The number of hydrogen-bond donors (Lipinski definition) is 0. The molecule has 6 heteroatoms. The van der Waals surface area contributed by atoms with E-state index in [0.29, 0.717) is 12.1 Å². The summed E-state index contributed by atoms with van der Waals surface area (Å²) in [4.78, 5) is 25.1. The van der Waals surface area contributed by atoms with E-state index in [0.717, 1.165) is 25.9 Å². The zero-order valence-electron chi connectivity index (χ0n) is 11.7. The molecule has 0 spiro atoms. The summed E-state index contributed by atoms with van der Waals surface area (Å²) in [6.45, 7) is 2.11. The van der Waals surface area contributed by atoms with Crippen LogP contribution in [0.5, 0.6) is 0 Å². The van der Waals surface area contributed by atoms with Crippen molar-refractivity contribution >= 4 is 11.9 Å². The predicted molar refractivity (Wildman–Crippen MR) is 70.8 cm³/mol. The Morgan fingerprint density at radius 1 is 1.35 bits per heavy atom. The van der Waals surface area contributed by atoms with Crippen molar-refractivity contribution in [2.75, 3.05) is 20.2 Å². The highest BCUT2D eigenvalue weighted by Crippen LogP contribution is 2.11. The summed E-state index contributed by atoms with van der Waals surface area (Å²) in [6, 6.07) is 1.75. The van der Waals surface area contributed by atoms with Gasteiger partial charge in [0.2, 0.25) is 0 Å². The van der Waals surface area contributed by atoms with Crippen LogP contribution in [-0.2, 0) is 16.1 Å². The normalized spacial score (nSPS) is 14.9. The van der Waals surface area contributed by atoms with E-state index < -0.39 is 0 Å². The van der Waals surface area contributed by atoms with E-state index >= 15 is 0 Å². The molecule has 1 aromatic heterocycles. The van der Waals surface area contributed by atoms with Crippen molar-refractivity contribution < 1.29 is 19.0 Å². The van der Waals surface area contributed by atoms with E-state index in [1.54, 1.807) is 23.1 Å². The van der Waals surface area contributed by atoms with Crippen LogP contribution in [0.2, 0.25) is 0 Å². The Morgan fingerprint density at radius 2 is 2.10 bits per heavy atom. The molecule has 0 bridgehead atoms. The smallest absolute Gasteiger partial charge is 0.312 e. The average Bonchev–Trinajstić information content (AvgIpc) is 2.53. The largest absolute Gasteiger partial charge is 0.469 e. The first-order valence-corrected chi connectivity index (χ1v) is 6.92. The third kappa shape index (κ3) is 3.76. The van der Waals surface area contributed by atoms with Crippen molar-refractivity contribution in [2.24, 2.45) is 0 Å². The van der Waals surface area contributed by atoms with E-state index in [9.17, 15) is 9.59 Å². The fourth-order valence-electron chi connectivity index (χ4n) is 2.23. The lowest BCUT2D eigenvalue weighted by Gasteiger charge is -2.26. The maximum absolute atomic E-state index is 12.2. The second-order valence-electron chi connectivity index (χ2n) is 4.86. The van der Waals surface area contributed by atoms with Crippen LogP contribution in [-0.4, -0.2) is 42.1 Å². The molecule has 1 fully saturated rings. The van der Waals surface area contributed by atoms with Crippen LogP contribution in [0.15, 0.2) is 18.5 Å². The lowest BCUT2D eigenvalue weighted by molar-refractivity contribution is -0.753. The predicted octanol–water partition coefficient (Wildman–Crippen LogP) is 0.558. The number of ether oxygens (including phenoxy) is 1. The van der Waals surface area contributed by atoms with Crippen molar-refractivity contribution in [3.8, 4) is 0 Å². The molecule has 0 unspecified atom stereocenters. The first kappa shape index (κ1) is 14.4. The number of nitrogens with zero attached hydrogens (tertiary/aromatic N) is 3. The number of aryl methyl sites for hydroxylation is 1. The topological polar surface area (TPSA) is 63.4 Å². The molecule has 0 N–H and O–H groups in total. The van der Waals surface area contributed by atoms with Gasteiger partial charge in [-0.3, -0.25) is 9.59 Å². The summed E-state index contributed by atoms with van der Waals surface area (Å²) in [5.74, 6) is -0.231. The van der Waals surface area contributed by atoms with Crippen LogP contribution in [0.3, 0.4) is 0 Å². The van der Waals surface area contributed by atoms with Crippen LogP contribution < -0.4 is 4.68 Å². The second-order valence-corrected chi connectivity index (χ2v) is 4.86. The Labute approximate surface area is 118 Å². The molecule has 0 saturated carbocycles. The number of esters is 1. The minimum atomic E-state index is -0.271. The van der Waals surface area contributed by atoms with Crippen LogP contribution >= 0.6 is 0 Å². The lowest BCUT2D eigenvalue weighted by atomic mass is 10.1. The Bertz CT molecular complexity index is 467. The van der Waals surface area contributed by atoms with Gasteiger partial charge >= 0.3 is 5.97 Å². The van der Waals surface area contributed by atoms with Gasteiger partial charge in [0.1, 0.15) is 12.6 Å². The summed E-state index contributed by atoms with van der Waals surface area (Å²) >= 11 is 0. The number of carbonyl (C=O) groups excluding carboxylic acids is 2. The number of piperidine rings is 1. The van der Waals surface area contributed by atoms with Crippen molar-refractivity contribution in [1.29, 1.82) is 0 Å². The molecule has 20 heavy (non-hydrogen) atoms. The molecule has 1 aliphatic heterocycles. The van der Waals surface area contributed by atoms with Crippen molar-refractivity contribution in [1.82, 2.24) is 10.00 Å².